The van der Waals surface area contributed by atoms with Crippen LogP contribution in [0.25, 0.3) is 0 Å². The maximum absolute atomic E-state index is 13.1. The maximum atomic E-state index is 13.1. The van der Waals surface area contributed by atoms with Gasteiger partial charge in [-0.05, 0) is 60.0 Å². The number of hydrogen-bond acceptors (Lipinski definition) is 4. The van der Waals surface area contributed by atoms with Crippen molar-refractivity contribution < 1.29 is 8.42 Å². The number of halogens is 1. The van der Waals surface area contributed by atoms with Gasteiger partial charge in [0.15, 0.2) is 0 Å². The Labute approximate surface area is 148 Å². The Kier molecular flexibility index (Phi) is 5.09. The molecule has 3 heterocycles. The lowest BCUT2D eigenvalue weighted by atomic mass is 10.1. The fourth-order valence-corrected chi connectivity index (χ4v) is 7.74. The van der Waals surface area contributed by atoms with Gasteiger partial charge in [-0.1, -0.05) is 12.8 Å². The van der Waals surface area contributed by atoms with Gasteiger partial charge in [0, 0.05) is 16.3 Å². The highest BCUT2D eigenvalue weighted by atomic mass is 79.9. The normalized spacial score (nSPS) is 20.9. The summed E-state index contributed by atoms with van der Waals surface area (Å²) in [6.07, 6.45) is 4.03. The van der Waals surface area contributed by atoms with Crippen LogP contribution in [0.2, 0.25) is 0 Å². The molecule has 1 aliphatic heterocycles. The molecule has 7 heteroatoms. The molecular formula is C15H18BrNO2S3. The first kappa shape index (κ1) is 16.6. The van der Waals surface area contributed by atoms with E-state index in [0.717, 1.165) is 29.5 Å². The molecule has 0 unspecified atom stereocenters. The van der Waals surface area contributed by atoms with Gasteiger partial charge in [0.2, 0.25) is 0 Å². The average Bonchev–Trinajstić information content (AvgIpc) is 3.01. The van der Waals surface area contributed by atoms with Crippen molar-refractivity contribution in [1.29, 1.82) is 0 Å². The second kappa shape index (κ2) is 6.73. The number of aryl methyl sites for hydroxylation is 1. The summed E-state index contributed by atoms with van der Waals surface area (Å²) in [5.41, 5.74) is 0. The van der Waals surface area contributed by atoms with E-state index in [4.69, 9.17) is 0 Å². The van der Waals surface area contributed by atoms with Gasteiger partial charge in [0.05, 0.1) is 9.83 Å². The molecule has 2 aromatic rings. The molecule has 0 N–H and O–H groups in total. The van der Waals surface area contributed by atoms with Crippen molar-refractivity contribution in [2.75, 3.05) is 6.54 Å². The Bertz CT molecular complexity index is 750. The highest BCUT2D eigenvalue weighted by molar-refractivity contribution is 9.11. The van der Waals surface area contributed by atoms with Crippen LogP contribution < -0.4 is 0 Å². The van der Waals surface area contributed by atoms with Crippen molar-refractivity contribution in [3.63, 3.8) is 0 Å². The van der Waals surface area contributed by atoms with Gasteiger partial charge >= 0.3 is 0 Å². The first-order valence-corrected chi connectivity index (χ1v) is 11.2. The Morgan fingerprint density at radius 3 is 2.59 bits per heavy atom. The van der Waals surface area contributed by atoms with Gasteiger partial charge in [-0.15, -0.1) is 22.7 Å². The number of sulfonamides is 1. The molecule has 0 bridgehead atoms. The molecule has 3 nitrogen and oxygen atoms in total. The Balaban J connectivity index is 2.00. The summed E-state index contributed by atoms with van der Waals surface area (Å²) in [6.45, 7) is 2.68. The van der Waals surface area contributed by atoms with E-state index in [1.54, 1.807) is 27.8 Å². The quantitative estimate of drug-likeness (QED) is 0.686. The van der Waals surface area contributed by atoms with Crippen molar-refractivity contribution in [2.24, 2.45) is 0 Å². The molecule has 1 fully saturated rings. The van der Waals surface area contributed by atoms with Gasteiger partial charge in [0.25, 0.3) is 10.0 Å². The van der Waals surface area contributed by atoms with Crippen LogP contribution >= 0.6 is 38.6 Å². The third-order valence-electron chi connectivity index (χ3n) is 3.90. The number of rotatable bonds is 3. The largest absolute Gasteiger partial charge is 0.253 e. The minimum Gasteiger partial charge on any atom is -0.206 e. The van der Waals surface area contributed by atoms with Crippen LogP contribution in [0.15, 0.2) is 32.3 Å². The minimum atomic E-state index is -3.42. The van der Waals surface area contributed by atoms with Crippen molar-refractivity contribution in [3.8, 4) is 0 Å². The van der Waals surface area contributed by atoms with E-state index in [1.165, 1.54) is 21.1 Å². The Hall–Kier alpha value is -0.210. The molecule has 0 amide bonds. The summed E-state index contributed by atoms with van der Waals surface area (Å²) in [6, 6.07) is 7.65. The van der Waals surface area contributed by atoms with Gasteiger partial charge in [0.1, 0.15) is 4.21 Å². The van der Waals surface area contributed by atoms with E-state index in [0.29, 0.717) is 10.8 Å². The molecule has 120 valence electrons. The fourth-order valence-electron chi connectivity index (χ4n) is 2.84. The number of thiophene rings is 2. The van der Waals surface area contributed by atoms with Crippen LogP contribution in [0, 0.1) is 6.92 Å². The molecule has 1 aliphatic rings. The van der Waals surface area contributed by atoms with Crippen LogP contribution in [0.1, 0.15) is 41.5 Å². The second-order valence-electron chi connectivity index (χ2n) is 5.49. The first-order valence-electron chi connectivity index (χ1n) is 7.32. The van der Waals surface area contributed by atoms with E-state index in [1.807, 2.05) is 0 Å². The van der Waals surface area contributed by atoms with Gasteiger partial charge < -0.3 is 0 Å². The summed E-state index contributed by atoms with van der Waals surface area (Å²) in [4.78, 5) is 2.40. The second-order valence-corrected chi connectivity index (χ2v) is 11.4. The van der Waals surface area contributed by atoms with Crippen LogP contribution in [-0.2, 0) is 10.0 Å². The third-order valence-corrected chi connectivity index (χ3v) is 9.01. The molecule has 1 saturated heterocycles. The molecule has 0 aliphatic carbocycles. The van der Waals surface area contributed by atoms with Crippen LogP contribution in [0.4, 0.5) is 0 Å². The molecule has 0 radical (unpaired) electrons. The number of hydrogen-bond donors (Lipinski definition) is 0. The predicted molar refractivity (Wildman–Crippen MR) is 96.2 cm³/mol. The highest BCUT2D eigenvalue weighted by Crippen LogP contribution is 2.39. The SMILES string of the molecule is Cc1ccc([C@@H]2CCCCCN2S(=O)(=O)c2ccc(Br)s2)s1. The van der Waals surface area contributed by atoms with Gasteiger partial charge in [-0.3, -0.25) is 0 Å². The zero-order chi connectivity index (χ0) is 15.7. The Morgan fingerprint density at radius 1 is 1.14 bits per heavy atom. The first-order chi connectivity index (χ1) is 10.5. The zero-order valence-electron chi connectivity index (χ0n) is 12.3. The molecule has 22 heavy (non-hydrogen) atoms. The lowest BCUT2D eigenvalue weighted by molar-refractivity contribution is 0.334. The van der Waals surface area contributed by atoms with E-state index in [2.05, 4.69) is 35.0 Å². The minimum absolute atomic E-state index is 0.0212. The van der Waals surface area contributed by atoms with E-state index >= 15 is 0 Å². The van der Waals surface area contributed by atoms with E-state index < -0.39 is 10.0 Å². The summed E-state index contributed by atoms with van der Waals surface area (Å²) in [7, 11) is -3.42. The van der Waals surface area contributed by atoms with Crippen LogP contribution in [-0.4, -0.2) is 19.3 Å². The summed E-state index contributed by atoms with van der Waals surface area (Å²) in [5, 5.41) is 0. The molecule has 0 saturated carbocycles. The molecule has 3 rings (SSSR count). The van der Waals surface area contributed by atoms with Gasteiger partial charge in [-0.2, -0.15) is 4.31 Å². The zero-order valence-corrected chi connectivity index (χ0v) is 16.3. The maximum Gasteiger partial charge on any atom is 0.253 e. The lowest BCUT2D eigenvalue weighted by Gasteiger charge is -2.27. The summed E-state index contributed by atoms with van der Waals surface area (Å²) < 4.78 is 29.1. The highest BCUT2D eigenvalue weighted by Gasteiger charge is 2.34. The smallest absolute Gasteiger partial charge is 0.206 e. The lowest BCUT2D eigenvalue weighted by Crippen LogP contribution is -2.34. The standard InChI is InChI=1S/C15H18BrNO2S3/c1-11-6-7-13(20-11)12-5-3-2-4-10-17(12)22(18,19)15-9-8-14(16)21-15/h6-9,12H,2-5,10H2,1H3/t12-/m0/s1. The average molecular weight is 420 g/mol. The van der Waals surface area contributed by atoms with Crippen molar-refractivity contribution in [2.45, 2.75) is 42.9 Å². The monoisotopic (exact) mass is 419 g/mol. The summed E-state index contributed by atoms with van der Waals surface area (Å²) >= 11 is 6.36. The van der Waals surface area contributed by atoms with Crippen LogP contribution in [0.3, 0.4) is 0 Å². The van der Waals surface area contributed by atoms with Crippen LogP contribution in [0.5, 0.6) is 0 Å². The van der Waals surface area contributed by atoms with Crippen molar-refractivity contribution >= 4 is 48.6 Å². The van der Waals surface area contributed by atoms with Crippen molar-refractivity contribution in [3.05, 3.63) is 37.8 Å². The van der Waals surface area contributed by atoms with E-state index in [9.17, 15) is 8.42 Å². The molecule has 2 aromatic heterocycles. The summed E-state index contributed by atoms with van der Waals surface area (Å²) in [5.74, 6) is 0. The molecule has 0 aromatic carbocycles. The molecule has 1 atom stereocenters. The van der Waals surface area contributed by atoms with Gasteiger partial charge in [-0.25, -0.2) is 8.42 Å². The Morgan fingerprint density at radius 2 is 1.95 bits per heavy atom. The third kappa shape index (κ3) is 3.33. The molecule has 0 spiro atoms. The number of nitrogens with zero attached hydrogens (tertiary/aromatic N) is 1. The molecular weight excluding hydrogens is 402 g/mol. The predicted octanol–water partition coefficient (Wildman–Crippen LogP) is 5.19. The topological polar surface area (TPSA) is 37.4 Å². The van der Waals surface area contributed by atoms with Crippen molar-refractivity contribution in [1.82, 2.24) is 4.31 Å². The van der Waals surface area contributed by atoms with E-state index in [-0.39, 0.29) is 6.04 Å². The fraction of sp³-hybridized carbons (Fsp3) is 0.467.